The first-order valence-corrected chi connectivity index (χ1v) is 6.71. The third-order valence-corrected chi connectivity index (χ3v) is 3.50. The van der Waals surface area contributed by atoms with Gasteiger partial charge in [-0.15, -0.1) is 0 Å². The zero-order valence-electron chi connectivity index (χ0n) is 11.5. The van der Waals surface area contributed by atoms with Gasteiger partial charge < -0.3 is 5.32 Å². The lowest BCUT2D eigenvalue weighted by molar-refractivity contribution is 0.453. The second-order valence-electron chi connectivity index (χ2n) is 5.19. The highest BCUT2D eigenvalue weighted by atomic mass is 35.5. The molecule has 0 fully saturated rings. The van der Waals surface area contributed by atoms with Crippen molar-refractivity contribution in [3.8, 4) is 0 Å². The zero-order chi connectivity index (χ0) is 13.0. The molecule has 0 saturated heterocycles. The van der Waals surface area contributed by atoms with Gasteiger partial charge in [-0.1, -0.05) is 32.4 Å². The summed E-state index contributed by atoms with van der Waals surface area (Å²) in [5.41, 5.74) is 2.26. The summed E-state index contributed by atoms with van der Waals surface area (Å²) in [7, 11) is 1.89. The van der Waals surface area contributed by atoms with Gasteiger partial charge in [0.25, 0.3) is 0 Å². The van der Waals surface area contributed by atoms with Gasteiger partial charge in [-0.25, -0.2) is 0 Å². The molecule has 0 aliphatic heterocycles. The number of hydrogen-bond donors (Lipinski definition) is 1. The van der Waals surface area contributed by atoms with E-state index < -0.39 is 0 Å². The molecule has 0 saturated carbocycles. The lowest BCUT2D eigenvalue weighted by Gasteiger charge is -2.14. The molecule has 0 amide bonds. The number of aromatic nitrogens is 2. The van der Waals surface area contributed by atoms with Gasteiger partial charge in [0.1, 0.15) is 5.15 Å². The first-order valence-electron chi connectivity index (χ1n) is 6.33. The molecule has 1 aromatic heterocycles. The van der Waals surface area contributed by atoms with Crippen LogP contribution in [0.25, 0.3) is 0 Å². The zero-order valence-corrected chi connectivity index (χ0v) is 12.3. The van der Waals surface area contributed by atoms with Crippen molar-refractivity contribution in [2.75, 3.05) is 6.54 Å². The largest absolute Gasteiger partial charge is 0.314 e. The first kappa shape index (κ1) is 14.5. The van der Waals surface area contributed by atoms with E-state index in [0.29, 0.717) is 12.0 Å². The van der Waals surface area contributed by atoms with Crippen LogP contribution >= 0.6 is 11.6 Å². The van der Waals surface area contributed by atoms with Gasteiger partial charge in [-0.3, -0.25) is 4.68 Å². The second kappa shape index (κ2) is 6.41. The average Bonchev–Trinajstić information content (AvgIpc) is 2.48. The molecule has 0 aromatic carbocycles. The SMILES string of the molecule is Cc1nn(C)c(Cl)c1CCC(C)CNC(C)C. The maximum atomic E-state index is 6.21. The van der Waals surface area contributed by atoms with E-state index in [1.807, 2.05) is 14.0 Å². The molecule has 0 aliphatic rings. The van der Waals surface area contributed by atoms with Gasteiger partial charge in [-0.2, -0.15) is 5.10 Å². The van der Waals surface area contributed by atoms with Crippen molar-refractivity contribution in [1.29, 1.82) is 0 Å². The number of hydrogen-bond acceptors (Lipinski definition) is 2. The maximum absolute atomic E-state index is 6.21. The fourth-order valence-electron chi connectivity index (χ4n) is 1.89. The molecule has 1 N–H and O–H groups in total. The van der Waals surface area contributed by atoms with Crippen LogP contribution in [-0.2, 0) is 13.5 Å². The highest BCUT2D eigenvalue weighted by Gasteiger charge is 2.12. The molecule has 1 atom stereocenters. The van der Waals surface area contributed by atoms with Crippen LogP contribution in [-0.4, -0.2) is 22.4 Å². The topological polar surface area (TPSA) is 29.9 Å². The summed E-state index contributed by atoms with van der Waals surface area (Å²) in [5, 5.41) is 8.58. The smallest absolute Gasteiger partial charge is 0.130 e. The molecule has 17 heavy (non-hydrogen) atoms. The molecule has 1 aromatic rings. The normalized spacial score (nSPS) is 13.4. The summed E-state index contributed by atoms with van der Waals surface area (Å²) >= 11 is 6.21. The van der Waals surface area contributed by atoms with Crippen molar-refractivity contribution >= 4 is 11.6 Å². The Morgan fingerprint density at radius 1 is 1.35 bits per heavy atom. The highest BCUT2D eigenvalue weighted by molar-refractivity contribution is 6.30. The van der Waals surface area contributed by atoms with Crippen molar-refractivity contribution in [1.82, 2.24) is 15.1 Å². The van der Waals surface area contributed by atoms with Crippen LogP contribution in [0.1, 0.15) is 38.4 Å². The van der Waals surface area contributed by atoms with Crippen molar-refractivity contribution in [2.45, 2.75) is 46.6 Å². The van der Waals surface area contributed by atoms with Crippen LogP contribution in [0.5, 0.6) is 0 Å². The minimum Gasteiger partial charge on any atom is -0.314 e. The number of aryl methyl sites for hydroxylation is 2. The van der Waals surface area contributed by atoms with E-state index in [1.165, 1.54) is 5.56 Å². The molecule has 1 heterocycles. The summed E-state index contributed by atoms with van der Waals surface area (Å²) in [5.74, 6) is 0.660. The van der Waals surface area contributed by atoms with Gasteiger partial charge in [0.05, 0.1) is 5.69 Å². The molecular formula is C13H24ClN3. The molecular weight excluding hydrogens is 234 g/mol. The fourth-order valence-corrected chi connectivity index (χ4v) is 2.16. The Morgan fingerprint density at radius 3 is 2.47 bits per heavy atom. The lowest BCUT2D eigenvalue weighted by atomic mass is 10.0. The molecule has 4 heteroatoms. The van der Waals surface area contributed by atoms with Crippen molar-refractivity contribution < 1.29 is 0 Å². The Bertz CT molecular complexity index is 358. The van der Waals surface area contributed by atoms with E-state index in [2.05, 4.69) is 31.2 Å². The summed E-state index contributed by atoms with van der Waals surface area (Å²) in [4.78, 5) is 0. The Labute approximate surface area is 110 Å². The van der Waals surface area contributed by atoms with Crippen LogP contribution in [0.2, 0.25) is 5.15 Å². The molecule has 98 valence electrons. The molecule has 3 nitrogen and oxygen atoms in total. The number of rotatable bonds is 6. The van der Waals surface area contributed by atoms with Gasteiger partial charge in [0.2, 0.25) is 0 Å². The third kappa shape index (κ3) is 4.32. The lowest BCUT2D eigenvalue weighted by Crippen LogP contribution is -2.28. The molecule has 0 aliphatic carbocycles. The monoisotopic (exact) mass is 257 g/mol. The van der Waals surface area contributed by atoms with Gasteiger partial charge in [0.15, 0.2) is 0 Å². The summed E-state index contributed by atoms with van der Waals surface area (Å²) in [6.07, 6.45) is 2.16. The molecule has 1 rings (SSSR count). The first-order chi connectivity index (χ1) is 7.91. The third-order valence-electron chi connectivity index (χ3n) is 3.03. The molecule has 1 unspecified atom stereocenters. The van der Waals surface area contributed by atoms with E-state index in [-0.39, 0.29) is 0 Å². The van der Waals surface area contributed by atoms with E-state index in [9.17, 15) is 0 Å². The quantitative estimate of drug-likeness (QED) is 0.849. The van der Waals surface area contributed by atoms with Crippen molar-refractivity contribution in [3.05, 3.63) is 16.4 Å². The van der Waals surface area contributed by atoms with E-state index in [4.69, 9.17) is 11.6 Å². The predicted molar refractivity (Wildman–Crippen MR) is 73.6 cm³/mol. The highest BCUT2D eigenvalue weighted by Crippen LogP contribution is 2.21. The van der Waals surface area contributed by atoms with Crippen LogP contribution < -0.4 is 5.32 Å². The van der Waals surface area contributed by atoms with Crippen LogP contribution in [0.4, 0.5) is 0 Å². The van der Waals surface area contributed by atoms with Gasteiger partial charge >= 0.3 is 0 Å². The van der Waals surface area contributed by atoms with Crippen LogP contribution in [0.3, 0.4) is 0 Å². The fraction of sp³-hybridized carbons (Fsp3) is 0.769. The Morgan fingerprint density at radius 2 is 2.00 bits per heavy atom. The average molecular weight is 258 g/mol. The Hall–Kier alpha value is -0.540. The maximum Gasteiger partial charge on any atom is 0.130 e. The predicted octanol–water partition coefficient (Wildman–Crippen LogP) is 2.95. The molecule has 0 bridgehead atoms. The van der Waals surface area contributed by atoms with Crippen LogP contribution in [0.15, 0.2) is 0 Å². The van der Waals surface area contributed by atoms with Gasteiger partial charge in [-0.05, 0) is 32.2 Å². The van der Waals surface area contributed by atoms with E-state index in [1.54, 1.807) is 4.68 Å². The van der Waals surface area contributed by atoms with E-state index in [0.717, 1.165) is 30.2 Å². The van der Waals surface area contributed by atoms with Crippen molar-refractivity contribution in [2.24, 2.45) is 13.0 Å². The van der Waals surface area contributed by atoms with Crippen molar-refractivity contribution in [3.63, 3.8) is 0 Å². The summed E-state index contributed by atoms with van der Waals surface area (Å²) < 4.78 is 1.75. The molecule has 0 radical (unpaired) electrons. The second-order valence-corrected chi connectivity index (χ2v) is 5.54. The minimum absolute atomic E-state index is 0.557. The number of halogens is 1. The standard InChI is InChI=1S/C13H24ClN3/c1-9(2)15-8-10(3)6-7-12-11(4)16-17(5)13(12)14/h9-10,15H,6-8H2,1-5H3. The number of nitrogens with one attached hydrogen (secondary N) is 1. The minimum atomic E-state index is 0.557. The van der Waals surface area contributed by atoms with Gasteiger partial charge in [0, 0.05) is 18.7 Å². The van der Waals surface area contributed by atoms with E-state index >= 15 is 0 Å². The molecule has 0 spiro atoms. The Kier molecular flexibility index (Phi) is 5.47. The van der Waals surface area contributed by atoms with Crippen LogP contribution in [0, 0.1) is 12.8 Å². The summed E-state index contributed by atoms with van der Waals surface area (Å²) in [6.45, 7) is 9.71. The Balaban J connectivity index is 2.44. The summed E-state index contributed by atoms with van der Waals surface area (Å²) in [6, 6.07) is 0.557. The number of nitrogens with zero attached hydrogens (tertiary/aromatic N) is 2.